The Labute approximate surface area is 108 Å². The molecule has 0 unspecified atom stereocenters. The molecule has 1 aromatic carbocycles. The number of hydrogen-bond acceptors (Lipinski definition) is 2. The van der Waals surface area contributed by atoms with E-state index in [1.165, 1.54) is 5.56 Å². The number of rotatable bonds is 5. The van der Waals surface area contributed by atoms with Gasteiger partial charge in [0.1, 0.15) is 5.76 Å². The number of carbonyl (C=O) groups excluding carboxylic acids is 1. The molecule has 0 fully saturated rings. The Bertz CT molecular complexity index is 520. The first-order valence-electron chi connectivity index (χ1n) is 6.46. The van der Waals surface area contributed by atoms with Gasteiger partial charge in [0.05, 0.1) is 11.8 Å². The molecule has 0 radical (unpaired) electrons. The lowest BCUT2D eigenvalue weighted by Gasteiger charge is -2.03. The van der Waals surface area contributed by atoms with E-state index in [4.69, 9.17) is 4.42 Å². The summed E-state index contributed by atoms with van der Waals surface area (Å²) in [7, 11) is 0. The van der Waals surface area contributed by atoms with Crippen molar-refractivity contribution in [1.82, 2.24) is 0 Å². The molecule has 2 nitrogen and oxygen atoms in total. The fraction of sp³-hybridized carbons (Fsp3) is 0.312. The molecule has 94 valence electrons. The summed E-state index contributed by atoms with van der Waals surface area (Å²) in [6.07, 6.45) is 4.49. The van der Waals surface area contributed by atoms with Gasteiger partial charge in [0, 0.05) is 12.0 Å². The summed E-state index contributed by atoms with van der Waals surface area (Å²) in [5.41, 5.74) is 2.68. The number of furan rings is 1. The predicted molar refractivity (Wildman–Crippen MR) is 72.0 cm³/mol. The zero-order chi connectivity index (χ0) is 13.0. The van der Waals surface area contributed by atoms with Crippen molar-refractivity contribution in [3.8, 4) is 0 Å². The lowest BCUT2D eigenvalue weighted by molar-refractivity contribution is 0.103. The highest BCUT2D eigenvalue weighted by atomic mass is 16.3. The third-order valence-corrected chi connectivity index (χ3v) is 3.07. The molecule has 2 rings (SSSR count). The minimum atomic E-state index is 0.0450. The Morgan fingerprint density at radius 1 is 1.11 bits per heavy atom. The summed E-state index contributed by atoms with van der Waals surface area (Å²) < 4.78 is 5.30. The Morgan fingerprint density at radius 2 is 1.83 bits per heavy atom. The topological polar surface area (TPSA) is 30.2 Å². The third kappa shape index (κ3) is 2.53. The fourth-order valence-corrected chi connectivity index (χ4v) is 2.08. The molecule has 0 atom stereocenters. The molecule has 0 aliphatic carbocycles. The summed E-state index contributed by atoms with van der Waals surface area (Å²) in [4.78, 5) is 12.3. The van der Waals surface area contributed by atoms with E-state index in [0.29, 0.717) is 5.56 Å². The molecule has 0 spiro atoms. The van der Waals surface area contributed by atoms with Crippen molar-refractivity contribution in [1.29, 1.82) is 0 Å². The van der Waals surface area contributed by atoms with Crippen molar-refractivity contribution in [3.63, 3.8) is 0 Å². The van der Waals surface area contributed by atoms with Gasteiger partial charge in [-0.1, -0.05) is 44.5 Å². The van der Waals surface area contributed by atoms with E-state index in [0.717, 1.165) is 30.6 Å². The van der Waals surface area contributed by atoms with Crippen LogP contribution in [0.2, 0.25) is 0 Å². The van der Waals surface area contributed by atoms with E-state index in [-0.39, 0.29) is 5.78 Å². The van der Waals surface area contributed by atoms with E-state index in [2.05, 4.69) is 6.92 Å². The molecule has 2 heteroatoms. The summed E-state index contributed by atoms with van der Waals surface area (Å²) in [6, 6.07) is 9.62. The zero-order valence-corrected chi connectivity index (χ0v) is 10.9. The molecular formula is C16H18O2. The highest BCUT2D eigenvalue weighted by Gasteiger charge is 2.14. The van der Waals surface area contributed by atoms with Gasteiger partial charge in [0.25, 0.3) is 0 Å². The van der Waals surface area contributed by atoms with Crippen molar-refractivity contribution in [2.45, 2.75) is 33.1 Å². The summed E-state index contributed by atoms with van der Waals surface area (Å²) >= 11 is 0. The maximum Gasteiger partial charge on any atom is 0.196 e. The molecule has 0 aliphatic rings. The van der Waals surface area contributed by atoms with Gasteiger partial charge in [-0.2, -0.15) is 0 Å². The van der Waals surface area contributed by atoms with Gasteiger partial charge >= 0.3 is 0 Å². The first-order chi connectivity index (χ1) is 8.76. The van der Waals surface area contributed by atoms with E-state index in [1.54, 1.807) is 12.3 Å². The van der Waals surface area contributed by atoms with Gasteiger partial charge in [-0.05, 0) is 18.1 Å². The quantitative estimate of drug-likeness (QED) is 0.741. The second-order valence-electron chi connectivity index (χ2n) is 4.39. The SMILES string of the molecule is CCCc1ccc(C(=O)c2ccoc2CC)cc1. The van der Waals surface area contributed by atoms with Crippen molar-refractivity contribution in [3.05, 3.63) is 59.0 Å². The van der Waals surface area contributed by atoms with Crippen LogP contribution < -0.4 is 0 Å². The van der Waals surface area contributed by atoms with Gasteiger partial charge in [0.2, 0.25) is 0 Å². The van der Waals surface area contributed by atoms with Crippen LogP contribution in [0.5, 0.6) is 0 Å². The Balaban J connectivity index is 2.23. The Morgan fingerprint density at radius 3 is 2.44 bits per heavy atom. The largest absolute Gasteiger partial charge is 0.469 e. The third-order valence-electron chi connectivity index (χ3n) is 3.07. The van der Waals surface area contributed by atoms with Gasteiger partial charge in [-0.15, -0.1) is 0 Å². The van der Waals surface area contributed by atoms with Crippen LogP contribution in [0.15, 0.2) is 41.0 Å². The molecule has 0 amide bonds. The number of benzene rings is 1. The highest BCUT2D eigenvalue weighted by molar-refractivity contribution is 6.09. The van der Waals surface area contributed by atoms with Crippen LogP contribution >= 0.6 is 0 Å². The van der Waals surface area contributed by atoms with Crippen molar-refractivity contribution >= 4 is 5.78 Å². The normalized spacial score (nSPS) is 10.6. The van der Waals surface area contributed by atoms with Gasteiger partial charge in [-0.25, -0.2) is 0 Å². The van der Waals surface area contributed by atoms with Crippen LogP contribution in [0.3, 0.4) is 0 Å². The molecule has 1 heterocycles. The fourth-order valence-electron chi connectivity index (χ4n) is 2.08. The minimum Gasteiger partial charge on any atom is -0.469 e. The van der Waals surface area contributed by atoms with Gasteiger partial charge < -0.3 is 4.42 Å². The summed E-state index contributed by atoms with van der Waals surface area (Å²) in [5, 5.41) is 0. The van der Waals surface area contributed by atoms with Crippen molar-refractivity contribution < 1.29 is 9.21 Å². The average Bonchev–Trinajstić information content (AvgIpc) is 2.87. The molecule has 0 saturated heterocycles. The van der Waals surface area contributed by atoms with Gasteiger partial charge in [-0.3, -0.25) is 4.79 Å². The Hall–Kier alpha value is -1.83. The van der Waals surface area contributed by atoms with E-state index >= 15 is 0 Å². The summed E-state index contributed by atoms with van der Waals surface area (Å²) in [5.74, 6) is 0.807. The molecule has 2 aromatic rings. The van der Waals surface area contributed by atoms with E-state index in [1.807, 2.05) is 31.2 Å². The first kappa shape index (κ1) is 12.6. The molecule has 0 N–H and O–H groups in total. The van der Waals surface area contributed by atoms with Crippen LogP contribution in [-0.2, 0) is 12.8 Å². The molecular weight excluding hydrogens is 224 g/mol. The smallest absolute Gasteiger partial charge is 0.196 e. The molecule has 18 heavy (non-hydrogen) atoms. The molecule has 0 saturated carbocycles. The number of ketones is 1. The van der Waals surface area contributed by atoms with Crippen LogP contribution in [0.4, 0.5) is 0 Å². The van der Waals surface area contributed by atoms with Crippen LogP contribution in [0, 0.1) is 0 Å². The maximum atomic E-state index is 12.3. The van der Waals surface area contributed by atoms with Crippen LogP contribution in [0.25, 0.3) is 0 Å². The summed E-state index contributed by atoms with van der Waals surface area (Å²) in [6.45, 7) is 4.14. The van der Waals surface area contributed by atoms with Gasteiger partial charge in [0.15, 0.2) is 5.78 Å². The average molecular weight is 242 g/mol. The lowest BCUT2D eigenvalue weighted by atomic mass is 10.0. The zero-order valence-electron chi connectivity index (χ0n) is 10.9. The van der Waals surface area contributed by atoms with E-state index in [9.17, 15) is 4.79 Å². The van der Waals surface area contributed by atoms with E-state index < -0.39 is 0 Å². The molecule has 1 aromatic heterocycles. The maximum absolute atomic E-state index is 12.3. The van der Waals surface area contributed by atoms with Crippen molar-refractivity contribution in [2.75, 3.05) is 0 Å². The highest BCUT2D eigenvalue weighted by Crippen LogP contribution is 2.17. The first-order valence-corrected chi connectivity index (χ1v) is 6.46. The van der Waals surface area contributed by atoms with Crippen molar-refractivity contribution in [2.24, 2.45) is 0 Å². The predicted octanol–water partition coefficient (Wildman–Crippen LogP) is 4.03. The standard InChI is InChI=1S/C16H18O2/c1-3-5-12-6-8-13(9-7-12)16(17)14-10-11-18-15(14)4-2/h6-11H,3-5H2,1-2H3. The second-order valence-corrected chi connectivity index (χ2v) is 4.39. The van der Waals surface area contributed by atoms with Crippen LogP contribution in [0.1, 0.15) is 47.5 Å². The minimum absolute atomic E-state index is 0.0450. The van der Waals surface area contributed by atoms with Crippen LogP contribution in [-0.4, -0.2) is 5.78 Å². The number of carbonyl (C=O) groups is 1. The number of aryl methyl sites for hydroxylation is 2. The number of hydrogen-bond donors (Lipinski definition) is 0. The monoisotopic (exact) mass is 242 g/mol. The Kier molecular flexibility index (Phi) is 3.98. The molecule has 0 bridgehead atoms. The second kappa shape index (κ2) is 5.67. The molecule has 0 aliphatic heterocycles. The lowest BCUT2D eigenvalue weighted by Crippen LogP contribution is -2.02.